The molecule has 1 heterocycles. The number of aromatic nitrogens is 2. The van der Waals surface area contributed by atoms with Gasteiger partial charge in [0.15, 0.2) is 0 Å². The summed E-state index contributed by atoms with van der Waals surface area (Å²) in [7, 11) is -0.882. The Morgan fingerprint density at radius 3 is 1.84 bits per heavy atom. The molecule has 2 aliphatic carbocycles. The zero-order valence-electron chi connectivity index (χ0n) is 17.7. The summed E-state index contributed by atoms with van der Waals surface area (Å²) in [6.07, 6.45) is 4.11. The summed E-state index contributed by atoms with van der Waals surface area (Å²) >= 11 is 0. The van der Waals surface area contributed by atoms with Crippen LogP contribution in [0.2, 0.25) is 0 Å². The number of nitrogens with zero attached hydrogens (tertiary/aromatic N) is 2. The van der Waals surface area contributed by atoms with Crippen molar-refractivity contribution < 1.29 is 26.3 Å². The standard InChI is InChI=1S/C23H27F6N2P/c24-22(25,26)16-11-12-19(23(27,28)29)20(15-16)31-14-13-30-21(31)32(17-7-3-1-4-8-17)18-9-5-2-6-10-18/h11-15,17-18H,1-10H2. The molecule has 0 spiro atoms. The van der Waals surface area contributed by atoms with Crippen LogP contribution in [0.25, 0.3) is 5.69 Å². The number of halogens is 6. The second kappa shape index (κ2) is 9.36. The molecule has 2 aliphatic rings. The molecule has 176 valence electrons. The fourth-order valence-electron chi connectivity index (χ4n) is 5.16. The minimum Gasteiger partial charge on any atom is -0.299 e. The van der Waals surface area contributed by atoms with Crippen molar-refractivity contribution in [2.24, 2.45) is 0 Å². The third-order valence-corrected chi connectivity index (χ3v) is 10.1. The summed E-state index contributed by atoms with van der Waals surface area (Å²) in [5.41, 5.74) is -1.35. The number of rotatable bonds is 4. The molecule has 9 heteroatoms. The summed E-state index contributed by atoms with van der Waals surface area (Å²) in [5, 5.41) is 0. The number of hydrogen-bond donors (Lipinski definition) is 0. The molecule has 2 aromatic rings. The lowest BCUT2D eigenvalue weighted by atomic mass is 9.99. The molecule has 32 heavy (non-hydrogen) atoms. The van der Waals surface area contributed by atoms with Crippen LogP contribution in [-0.4, -0.2) is 20.9 Å². The van der Waals surface area contributed by atoms with E-state index in [4.69, 9.17) is 0 Å². The van der Waals surface area contributed by atoms with Gasteiger partial charge in [0.25, 0.3) is 0 Å². The van der Waals surface area contributed by atoms with Gasteiger partial charge in [0, 0.05) is 12.4 Å². The van der Waals surface area contributed by atoms with E-state index in [2.05, 4.69) is 4.98 Å². The van der Waals surface area contributed by atoms with Gasteiger partial charge in [-0.3, -0.25) is 4.57 Å². The number of alkyl halides is 6. The maximum absolute atomic E-state index is 13.8. The van der Waals surface area contributed by atoms with E-state index >= 15 is 0 Å². The Labute approximate surface area is 185 Å². The van der Waals surface area contributed by atoms with Crippen LogP contribution in [0.4, 0.5) is 26.3 Å². The molecule has 1 aromatic heterocycles. The van der Waals surface area contributed by atoms with Crippen molar-refractivity contribution in [3.63, 3.8) is 0 Å². The van der Waals surface area contributed by atoms with Crippen molar-refractivity contribution in [1.82, 2.24) is 9.55 Å². The predicted octanol–water partition coefficient (Wildman–Crippen LogP) is 7.68. The van der Waals surface area contributed by atoms with E-state index in [0.29, 0.717) is 35.1 Å². The Morgan fingerprint density at radius 2 is 1.34 bits per heavy atom. The second-order valence-corrected chi connectivity index (χ2v) is 11.5. The average molecular weight is 476 g/mol. The monoisotopic (exact) mass is 476 g/mol. The van der Waals surface area contributed by atoms with Crippen molar-refractivity contribution >= 4 is 13.5 Å². The summed E-state index contributed by atoms with van der Waals surface area (Å²) in [5.74, 6) is 0. The quantitative estimate of drug-likeness (QED) is 0.327. The summed E-state index contributed by atoms with van der Waals surface area (Å²) in [6, 6.07) is 1.68. The Hall–Kier alpha value is -1.56. The van der Waals surface area contributed by atoms with E-state index in [-0.39, 0.29) is 0 Å². The third kappa shape index (κ3) is 5.00. The van der Waals surface area contributed by atoms with Gasteiger partial charge in [-0.1, -0.05) is 38.5 Å². The minimum absolute atomic E-state index is 0.364. The topological polar surface area (TPSA) is 17.8 Å². The first-order valence-electron chi connectivity index (χ1n) is 11.3. The van der Waals surface area contributed by atoms with Gasteiger partial charge < -0.3 is 0 Å². The van der Waals surface area contributed by atoms with Crippen LogP contribution in [-0.2, 0) is 12.4 Å². The zero-order valence-corrected chi connectivity index (χ0v) is 18.6. The van der Waals surface area contributed by atoms with Gasteiger partial charge in [-0.15, -0.1) is 0 Å². The first-order valence-corrected chi connectivity index (χ1v) is 12.7. The lowest BCUT2D eigenvalue weighted by Gasteiger charge is -2.38. The van der Waals surface area contributed by atoms with Crippen molar-refractivity contribution in [3.8, 4) is 5.69 Å². The Morgan fingerprint density at radius 1 is 0.781 bits per heavy atom. The minimum atomic E-state index is -4.76. The number of hydrogen-bond acceptors (Lipinski definition) is 1. The highest BCUT2D eigenvalue weighted by Gasteiger charge is 2.40. The summed E-state index contributed by atoms with van der Waals surface area (Å²) in [6.45, 7) is 0. The molecule has 2 saturated carbocycles. The largest absolute Gasteiger partial charge is 0.418 e. The van der Waals surface area contributed by atoms with E-state index in [0.717, 1.165) is 64.2 Å². The molecule has 0 N–H and O–H groups in total. The maximum Gasteiger partial charge on any atom is 0.418 e. The zero-order chi connectivity index (χ0) is 22.9. The molecule has 2 nitrogen and oxygen atoms in total. The summed E-state index contributed by atoms with van der Waals surface area (Å²) in [4.78, 5) is 4.50. The van der Waals surface area contributed by atoms with Crippen molar-refractivity contribution in [1.29, 1.82) is 0 Å². The molecule has 0 amide bonds. The van der Waals surface area contributed by atoms with Gasteiger partial charge in [-0.05, 0) is 63.1 Å². The van der Waals surface area contributed by atoms with Gasteiger partial charge in [-0.2, -0.15) is 26.3 Å². The molecule has 1 aromatic carbocycles. The number of benzene rings is 1. The van der Waals surface area contributed by atoms with Crippen molar-refractivity contribution in [2.45, 2.75) is 87.9 Å². The lowest BCUT2D eigenvalue weighted by Crippen LogP contribution is -2.31. The fraction of sp³-hybridized carbons (Fsp3) is 0.609. The maximum atomic E-state index is 13.8. The SMILES string of the molecule is FC(F)(F)c1ccc(C(F)(F)F)c(-n2ccnc2P(C2CCCCC2)C2CCCCC2)c1. The molecule has 0 saturated heterocycles. The lowest BCUT2D eigenvalue weighted by molar-refractivity contribution is -0.141. The fourth-order valence-corrected chi connectivity index (χ4v) is 8.88. The molecule has 0 unspecified atom stereocenters. The second-order valence-electron chi connectivity index (χ2n) is 8.82. The van der Waals surface area contributed by atoms with Crippen LogP contribution in [0.3, 0.4) is 0 Å². The summed E-state index contributed by atoms with van der Waals surface area (Å²) < 4.78 is 82.8. The molecule has 4 rings (SSSR count). The Bertz CT molecular complexity index is 890. The molecule has 0 radical (unpaired) electrons. The van der Waals surface area contributed by atoms with Crippen LogP contribution < -0.4 is 5.57 Å². The normalized spacial score (nSPS) is 19.6. The Kier molecular flexibility index (Phi) is 6.90. The highest BCUT2D eigenvalue weighted by Crippen LogP contribution is 2.55. The van der Waals surface area contributed by atoms with Crippen LogP contribution in [0.5, 0.6) is 0 Å². The van der Waals surface area contributed by atoms with Crippen LogP contribution in [0.15, 0.2) is 30.6 Å². The first-order chi connectivity index (χ1) is 15.2. The van der Waals surface area contributed by atoms with Gasteiger partial charge >= 0.3 is 12.4 Å². The highest BCUT2D eigenvalue weighted by molar-refractivity contribution is 7.66. The van der Waals surface area contributed by atoms with Crippen molar-refractivity contribution in [3.05, 3.63) is 41.7 Å². The van der Waals surface area contributed by atoms with E-state index in [1.54, 1.807) is 0 Å². The molecular weight excluding hydrogens is 449 g/mol. The Balaban J connectivity index is 1.83. The highest BCUT2D eigenvalue weighted by atomic mass is 31.1. The van der Waals surface area contributed by atoms with E-state index in [1.165, 1.54) is 17.0 Å². The van der Waals surface area contributed by atoms with Crippen molar-refractivity contribution in [2.75, 3.05) is 0 Å². The van der Waals surface area contributed by atoms with Gasteiger partial charge in [0.2, 0.25) is 0 Å². The average Bonchev–Trinajstić information content (AvgIpc) is 3.23. The van der Waals surface area contributed by atoms with E-state index in [9.17, 15) is 26.3 Å². The molecule has 0 bridgehead atoms. The number of imidazole rings is 1. The molecular formula is C23H27F6N2P. The third-order valence-electron chi connectivity index (χ3n) is 6.68. The molecule has 2 fully saturated rings. The van der Waals surface area contributed by atoms with Gasteiger partial charge in [-0.25, -0.2) is 4.98 Å². The van der Waals surface area contributed by atoms with Gasteiger partial charge in [0.1, 0.15) is 5.57 Å². The first kappa shape index (κ1) is 23.6. The van der Waals surface area contributed by atoms with Crippen LogP contribution in [0, 0.1) is 0 Å². The molecule has 0 aliphatic heterocycles. The molecule has 0 atom stereocenters. The van der Waals surface area contributed by atoms with E-state index < -0.39 is 37.1 Å². The van der Waals surface area contributed by atoms with Crippen LogP contribution >= 0.6 is 7.92 Å². The van der Waals surface area contributed by atoms with Gasteiger partial charge in [0.05, 0.1) is 16.8 Å². The van der Waals surface area contributed by atoms with Crippen LogP contribution in [0.1, 0.15) is 75.3 Å². The van der Waals surface area contributed by atoms with E-state index in [1.807, 2.05) is 0 Å². The predicted molar refractivity (Wildman–Crippen MR) is 114 cm³/mol. The smallest absolute Gasteiger partial charge is 0.299 e.